The smallest absolute Gasteiger partial charge is 0.419 e. The summed E-state index contributed by atoms with van der Waals surface area (Å²) in [5.41, 5.74) is 3.52. The standard InChI is InChI=1S/C24H17ClF3N3O4/c1-35-15-9-7-14(8-10-15)30(22(29)33)23(34)31-20-16(11-12-17(25)19(20)24(26,27)28)18(21(31)32)13-5-3-2-4-6-13/h2-12,18H,1H3,(H2,29,33). The van der Waals surface area contributed by atoms with Gasteiger partial charge in [0.25, 0.3) is 0 Å². The number of nitrogens with two attached hydrogens (primary N) is 1. The molecule has 3 aromatic rings. The molecular formula is C24H17ClF3N3O4. The van der Waals surface area contributed by atoms with Gasteiger partial charge in [0.05, 0.1) is 35.0 Å². The average molecular weight is 504 g/mol. The number of urea groups is 2. The van der Waals surface area contributed by atoms with Gasteiger partial charge in [-0.25, -0.2) is 19.4 Å². The molecule has 180 valence electrons. The lowest BCUT2D eigenvalue weighted by molar-refractivity contribution is -0.136. The molecule has 1 aliphatic rings. The first-order chi connectivity index (χ1) is 16.6. The van der Waals surface area contributed by atoms with Crippen LogP contribution in [-0.2, 0) is 11.0 Å². The summed E-state index contributed by atoms with van der Waals surface area (Å²) in [7, 11) is 1.40. The number of halogens is 4. The normalized spacial score (nSPS) is 15.1. The average Bonchev–Trinajstić information content (AvgIpc) is 3.10. The highest BCUT2D eigenvalue weighted by Gasteiger charge is 2.50. The van der Waals surface area contributed by atoms with Gasteiger partial charge >= 0.3 is 18.2 Å². The second-order valence-electron chi connectivity index (χ2n) is 7.53. The van der Waals surface area contributed by atoms with E-state index in [0.29, 0.717) is 21.1 Å². The summed E-state index contributed by atoms with van der Waals surface area (Å²) in [5, 5.41) is -0.703. The van der Waals surface area contributed by atoms with E-state index >= 15 is 0 Å². The van der Waals surface area contributed by atoms with E-state index in [-0.39, 0.29) is 11.3 Å². The molecule has 1 heterocycles. The maximum atomic E-state index is 14.1. The van der Waals surface area contributed by atoms with Crippen molar-refractivity contribution >= 4 is 40.9 Å². The Bertz CT molecular complexity index is 1310. The Balaban J connectivity index is 1.93. The Labute approximate surface area is 202 Å². The largest absolute Gasteiger partial charge is 0.497 e. The van der Waals surface area contributed by atoms with Crippen LogP contribution in [0.3, 0.4) is 0 Å². The number of carbonyl (C=O) groups is 3. The molecule has 5 amide bonds. The molecule has 0 radical (unpaired) electrons. The van der Waals surface area contributed by atoms with Gasteiger partial charge in [-0.05, 0) is 41.5 Å². The van der Waals surface area contributed by atoms with Gasteiger partial charge in [0, 0.05) is 0 Å². The molecule has 0 spiro atoms. The lowest BCUT2D eigenvalue weighted by atomic mass is 9.91. The molecular weight excluding hydrogens is 487 g/mol. The number of benzene rings is 3. The number of rotatable bonds is 3. The minimum atomic E-state index is -5.01. The van der Waals surface area contributed by atoms with Gasteiger partial charge in [0.2, 0.25) is 5.91 Å². The van der Waals surface area contributed by atoms with E-state index in [0.717, 1.165) is 6.07 Å². The number of hydrogen-bond donors (Lipinski definition) is 1. The summed E-state index contributed by atoms with van der Waals surface area (Å²) in [5.74, 6) is -1.83. The zero-order valence-corrected chi connectivity index (χ0v) is 18.8. The fourth-order valence-corrected chi connectivity index (χ4v) is 4.28. The van der Waals surface area contributed by atoms with E-state index < -0.39 is 46.3 Å². The molecule has 7 nitrogen and oxygen atoms in total. The summed E-state index contributed by atoms with van der Waals surface area (Å²) in [6.07, 6.45) is -5.01. The molecule has 0 saturated carbocycles. The first kappa shape index (κ1) is 24.1. The predicted octanol–water partition coefficient (Wildman–Crippen LogP) is 5.55. The molecule has 11 heteroatoms. The number of ether oxygens (including phenoxy) is 1. The maximum absolute atomic E-state index is 14.1. The van der Waals surface area contributed by atoms with Crippen molar-refractivity contribution in [3.05, 3.63) is 88.4 Å². The monoisotopic (exact) mass is 503 g/mol. The van der Waals surface area contributed by atoms with Gasteiger partial charge in [-0.1, -0.05) is 48.0 Å². The first-order valence-corrected chi connectivity index (χ1v) is 10.5. The molecule has 2 N–H and O–H groups in total. The van der Waals surface area contributed by atoms with Crippen molar-refractivity contribution in [1.29, 1.82) is 0 Å². The van der Waals surface area contributed by atoms with E-state index in [1.165, 1.54) is 37.4 Å². The topological polar surface area (TPSA) is 92.9 Å². The highest BCUT2D eigenvalue weighted by atomic mass is 35.5. The van der Waals surface area contributed by atoms with E-state index in [9.17, 15) is 27.6 Å². The van der Waals surface area contributed by atoms with Crippen molar-refractivity contribution in [3.8, 4) is 5.75 Å². The number of anilines is 2. The number of primary amides is 1. The number of hydrogen-bond acceptors (Lipinski definition) is 4. The summed E-state index contributed by atoms with van der Waals surface area (Å²) in [4.78, 5) is 40.1. The van der Waals surface area contributed by atoms with Crippen LogP contribution >= 0.6 is 11.6 Å². The van der Waals surface area contributed by atoms with Crippen LogP contribution < -0.4 is 20.3 Å². The molecule has 35 heavy (non-hydrogen) atoms. The molecule has 1 atom stereocenters. The van der Waals surface area contributed by atoms with Crippen molar-refractivity contribution < 1.29 is 32.3 Å². The Hall–Kier alpha value is -4.05. The van der Waals surface area contributed by atoms with Gasteiger partial charge in [-0.15, -0.1) is 0 Å². The lowest BCUT2D eigenvalue weighted by Gasteiger charge is -2.26. The second kappa shape index (κ2) is 8.95. The predicted molar refractivity (Wildman–Crippen MR) is 123 cm³/mol. The van der Waals surface area contributed by atoms with Crippen molar-refractivity contribution in [1.82, 2.24) is 0 Å². The zero-order chi connectivity index (χ0) is 25.5. The number of amides is 5. The van der Waals surface area contributed by atoms with E-state index in [2.05, 4.69) is 0 Å². The fourth-order valence-electron chi connectivity index (χ4n) is 4.02. The lowest BCUT2D eigenvalue weighted by Crippen LogP contribution is -2.50. The van der Waals surface area contributed by atoms with Crippen LogP contribution in [0.5, 0.6) is 5.75 Å². The number of fused-ring (bicyclic) bond motifs is 1. The molecule has 0 saturated heterocycles. The summed E-state index contributed by atoms with van der Waals surface area (Å²) >= 11 is 5.91. The summed E-state index contributed by atoms with van der Waals surface area (Å²) in [6, 6.07) is 13.1. The number of carbonyl (C=O) groups excluding carboxylic acids is 3. The second-order valence-corrected chi connectivity index (χ2v) is 7.94. The van der Waals surface area contributed by atoms with Gasteiger partial charge < -0.3 is 10.5 Å². The third kappa shape index (κ3) is 4.17. The molecule has 4 rings (SSSR count). The van der Waals surface area contributed by atoms with E-state index in [4.69, 9.17) is 22.1 Å². The third-order valence-corrected chi connectivity index (χ3v) is 5.83. The minimum Gasteiger partial charge on any atom is -0.497 e. The van der Waals surface area contributed by atoms with Crippen LogP contribution in [-0.4, -0.2) is 25.1 Å². The molecule has 0 aromatic heterocycles. The minimum absolute atomic E-state index is 0.0728. The molecule has 1 aliphatic heterocycles. The molecule has 3 aromatic carbocycles. The highest BCUT2D eigenvalue weighted by Crippen LogP contribution is 2.51. The van der Waals surface area contributed by atoms with Crippen LogP contribution in [0.1, 0.15) is 22.6 Å². The van der Waals surface area contributed by atoms with Gasteiger partial charge in [-0.3, -0.25) is 4.79 Å². The van der Waals surface area contributed by atoms with E-state index in [1.807, 2.05) is 0 Å². The number of imide groups is 2. The van der Waals surface area contributed by atoms with Crippen LogP contribution in [0.2, 0.25) is 5.02 Å². The quantitative estimate of drug-likeness (QED) is 0.507. The molecule has 0 bridgehead atoms. The van der Waals surface area contributed by atoms with Crippen molar-refractivity contribution in [3.63, 3.8) is 0 Å². The molecule has 1 unspecified atom stereocenters. The van der Waals surface area contributed by atoms with E-state index in [1.54, 1.807) is 30.3 Å². The molecule has 0 fully saturated rings. The Morgan fingerprint density at radius 3 is 2.20 bits per heavy atom. The summed E-state index contributed by atoms with van der Waals surface area (Å²) < 4.78 is 47.4. The van der Waals surface area contributed by atoms with Crippen molar-refractivity contribution in [2.75, 3.05) is 16.9 Å². The van der Waals surface area contributed by atoms with Gasteiger partial charge in [0.1, 0.15) is 5.75 Å². The third-order valence-electron chi connectivity index (χ3n) is 5.51. The van der Waals surface area contributed by atoms with Crippen LogP contribution in [0, 0.1) is 0 Å². The van der Waals surface area contributed by atoms with Crippen molar-refractivity contribution in [2.24, 2.45) is 5.73 Å². The van der Waals surface area contributed by atoms with Gasteiger partial charge in [-0.2, -0.15) is 13.2 Å². The van der Waals surface area contributed by atoms with Crippen LogP contribution in [0.15, 0.2) is 66.7 Å². The van der Waals surface area contributed by atoms with Gasteiger partial charge in [0.15, 0.2) is 0 Å². The number of methoxy groups -OCH3 is 1. The fraction of sp³-hybridized carbons (Fsp3) is 0.125. The Morgan fingerprint density at radius 1 is 1.03 bits per heavy atom. The van der Waals surface area contributed by atoms with Crippen LogP contribution in [0.25, 0.3) is 0 Å². The first-order valence-electron chi connectivity index (χ1n) is 10.1. The Morgan fingerprint density at radius 2 is 1.66 bits per heavy atom. The number of alkyl halides is 3. The maximum Gasteiger partial charge on any atom is 0.419 e. The molecule has 0 aliphatic carbocycles. The van der Waals surface area contributed by atoms with Crippen molar-refractivity contribution in [2.45, 2.75) is 12.1 Å². The summed E-state index contributed by atoms with van der Waals surface area (Å²) in [6.45, 7) is 0. The highest BCUT2D eigenvalue weighted by molar-refractivity contribution is 6.34. The SMILES string of the molecule is COc1ccc(N(C(N)=O)C(=O)N2C(=O)C(c3ccccc3)c3ccc(Cl)c(C(F)(F)F)c32)cc1. The Kier molecular flexibility index (Phi) is 6.16. The van der Waals surface area contributed by atoms with Crippen LogP contribution in [0.4, 0.5) is 34.1 Å². The zero-order valence-electron chi connectivity index (χ0n) is 18.0. The number of nitrogens with zero attached hydrogens (tertiary/aromatic N) is 2.